The largest absolute Gasteiger partial charge is 0.790 e. The van der Waals surface area contributed by atoms with Crippen LogP contribution in [-0.2, 0) is 35.2 Å². The molecule has 0 aliphatic rings. The Labute approximate surface area is 184 Å². The Morgan fingerprint density at radius 2 is 1.75 bits per heavy atom. The van der Waals surface area contributed by atoms with E-state index >= 15 is 0 Å². The number of benzene rings is 1. The topological polar surface area (TPSA) is 120 Å². The molecule has 7 nitrogen and oxygen atoms in total. The lowest BCUT2D eigenvalue weighted by Crippen LogP contribution is -2.42. The van der Waals surface area contributed by atoms with E-state index in [1.54, 1.807) is 30.7 Å². The second kappa shape index (κ2) is 10.3. The number of hydrogen-bond acceptors (Lipinski definition) is 6. The molecule has 0 saturated heterocycles. The third-order valence-electron chi connectivity index (χ3n) is 5.17. The molecule has 1 atom stereocenters. The standard InChI is InChI=1S/C21H28F3N2O5P/c1-20(25,14-31-32(28,29)30)13-12-17-10-11-18(26(17)2)19(27)5-3-4-15-6-8-16(9-7-15)21(22,23)24/h6-11H,3-5,12-14,25H2,1-2H3,(H2,28,29,30)/p-2. The third-order valence-corrected chi connectivity index (χ3v) is 5.61. The Hall–Kier alpha value is -1.97. The quantitative estimate of drug-likeness (QED) is 0.395. The molecule has 0 bridgehead atoms. The van der Waals surface area contributed by atoms with Crippen molar-refractivity contribution in [3.8, 4) is 0 Å². The minimum atomic E-state index is -5.10. The maximum absolute atomic E-state index is 12.6. The number of halogens is 3. The molecule has 2 aromatic rings. The van der Waals surface area contributed by atoms with Crippen molar-refractivity contribution in [3.05, 3.63) is 58.9 Å². The van der Waals surface area contributed by atoms with Gasteiger partial charge in [0.2, 0.25) is 0 Å². The summed E-state index contributed by atoms with van der Waals surface area (Å²) in [6.07, 6.45) is -2.40. The summed E-state index contributed by atoms with van der Waals surface area (Å²) in [6, 6.07) is 8.35. The van der Waals surface area contributed by atoms with Gasteiger partial charge in [-0.3, -0.25) is 4.79 Å². The predicted octanol–water partition coefficient (Wildman–Crippen LogP) is 2.74. The first kappa shape index (κ1) is 26.3. The molecular formula is C21H26F3N2O5P-2. The molecule has 0 aliphatic carbocycles. The van der Waals surface area contributed by atoms with E-state index in [1.165, 1.54) is 12.1 Å². The van der Waals surface area contributed by atoms with Crippen LogP contribution in [0.2, 0.25) is 0 Å². The Balaban J connectivity index is 1.87. The van der Waals surface area contributed by atoms with Crippen LogP contribution < -0.4 is 15.5 Å². The molecule has 0 fully saturated rings. The number of nitrogens with two attached hydrogens (primary N) is 1. The number of nitrogens with zero attached hydrogens (tertiary/aromatic N) is 1. The van der Waals surface area contributed by atoms with E-state index in [0.29, 0.717) is 31.4 Å². The van der Waals surface area contributed by atoms with Gasteiger partial charge < -0.3 is 29.2 Å². The molecule has 1 aromatic heterocycles. The second-order valence-corrected chi connectivity index (χ2v) is 9.27. The predicted molar refractivity (Wildman–Crippen MR) is 109 cm³/mol. The highest BCUT2D eigenvalue weighted by atomic mass is 31.2. The van der Waals surface area contributed by atoms with Crippen LogP contribution in [0.4, 0.5) is 13.2 Å². The molecule has 0 aliphatic heterocycles. The van der Waals surface area contributed by atoms with E-state index in [0.717, 1.165) is 23.4 Å². The van der Waals surface area contributed by atoms with E-state index in [9.17, 15) is 32.3 Å². The van der Waals surface area contributed by atoms with Gasteiger partial charge in [-0.05, 0) is 62.4 Å². The molecule has 178 valence electrons. The van der Waals surface area contributed by atoms with Crippen molar-refractivity contribution in [2.45, 2.75) is 50.7 Å². The van der Waals surface area contributed by atoms with Crippen molar-refractivity contribution in [1.29, 1.82) is 0 Å². The summed E-state index contributed by atoms with van der Waals surface area (Å²) in [4.78, 5) is 33.8. The zero-order valence-electron chi connectivity index (χ0n) is 17.9. The normalized spacial score (nSPS) is 14.4. The Kier molecular flexibility index (Phi) is 8.47. The number of carbonyl (C=O) groups excluding carboxylic acids is 1. The summed E-state index contributed by atoms with van der Waals surface area (Å²) in [6.45, 7) is 1.14. The van der Waals surface area contributed by atoms with Gasteiger partial charge in [-0.2, -0.15) is 13.2 Å². The summed E-state index contributed by atoms with van der Waals surface area (Å²) < 4.78 is 54.5. The molecule has 2 N–H and O–H groups in total. The van der Waals surface area contributed by atoms with Crippen LogP contribution in [0.25, 0.3) is 0 Å². The smallest absolute Gasteiger partial charge is 0.416 e. The molecule has 0 radical (unpaired) electrons. The van der Waals surface area contributed by atoms with Gasteiger partial charge >= 0.3 is 6.18 Å². The minimum absolute atomic E-state index is 0.0943. The molecule has 32 heavy (non-hydrogen) atoms. The van der Waals surface area contributed by atoms with Crippen molar-refractivity contribution in [3.63, 3.8) is 0 Å². The SMILES string of the molecule is Cn1c(CCC(C)(N)COP(=O)([O-])[O-])ccc1C(=O)CCCc1ccc(C(F)(F)F)cc1. The number of Topliss-reactive ketones (excluding diaryl/α,β-unsaturated/α-hetero) is 1. The number of rotatable bonds is 11. The highest BCUT2D eigenvalue weighted by Gasteiger charge is 2.29. The number of hydrogen-bond donors (Lipinski definition) is 1. The van der Waals surface area contributed by atoms with Crippen molar-refractivity contribution in [1.82, 2.24) is 4.57 Å². The summed E-state index contributed by atoms with van der Waals surface area (Å²) >= 11 is 0. The van der Waals surface area contributed by atoms with Crippen LogP contribution >= 0.6 is 7.82 Å². The number of phosphoric ester groups is 1. The fourth-order valence-electron chi connectivity index (χ4n) is 3.24. The number of carbonyl (C=O) groups is 1. The maximum Gasteiger partial charge on any atom is 0.416 e. The first-order chi connectivity index (χ1) is 14.7. The average Bonchev–Trinajstić information content (AvgIpc) is 3.05. The fraction of sp³-hybridized carbons (Fsp3) is 0.476. The van der Waals surface area contributed by atoms with Gasteiger partial charge in [-0.25, -0.2) is 0 Å². The number of phosphoric acid groups is 1. The zero-order valence-corrected chi connectivity index (χ0v) is 18.7. The number of alkyl halides is 3. The second-order valence-electron chi connectivity index (χ2n) is 8.12. The summed E-state index contributed by atoms with van der Waals surface area (Å²) in [5, 5.41) is 0. The van der Waals surface area contributed by atoms with Crippen molar-refractivity contribution in [2.75, 3.05) is 6.61 Å². The Morgan fingerprint density at radius 1 is 1.12 bits per heavy atom. The van der Waals surface area contributed by atoms with Crippen molar-refractivity contribution >= 4 is 13.6 Å². The van der Waals surface area contributed by atoms with Gasteiger partial charge in [0, 0.05) is 24.7 Å². The van der Waals surface area contributed by atoms with Gasteiger partial charge in [-0.1, -0.05) is 12.1 Å². The lowest BCUT2D eigenvalue weighted by Gasteiger charge is -2.33. The van der Waals surface area contributed by atoms with E-state index in [1.807, 2.05) is 0 Å². The highest BCUT2D eigenvalue weighted by molar-refractivity contribution is 7.43. The molecule has 0 saturated carbocycles. The summed E-state index contributed by atoms with van der Waals surface area (Å²) in [5.41, 5.74) is 6.26. The molecule has 1 aromatic carbocycles. The van der Waals surface area contributed by atoms with Crippen LogP contribution in [0.1, 0.15) is 53.5 Å². The highest BCUT2D eigenvalue weighted by Crippen LogP contribution is 2.29. The van der Waals surface area contributed by atoms with Crippen LogP contribution in [0.15, 0.2) is 36.4 Å². The summed E-state index contributed by atoms with van der Waals surface area (Å²) in [7, 11) is -3.37. The average molecular weight is 474 g/mol. The van der Waals surface area contributed by atoms with Crippen LogP contribution in [-0.4, -0.2) is 22.5 Å². The first-order valence-corrected chi connectivity index (χ1v) is 11.4. The summed E-state index contributed by atoms with van der Waals surface area (Å²) in [5.74, 6) is -0.0943. The Bertz CT molecular complexity index is 965. The fourth-order valence-corrected chi connectivity index (χ4v) is 3.69. The van der Waals surface area contributed by atoms with Gasteiger partial charge in [0.1, 0.15) is 0 Å². The monoisotopic (exact) mass is 474 g/mol. The molecule has 1 heterocycles. The molecule has 0 spiro atoms. The minimum Gasteiger partial charge on any atom is -0.790 e. The lowest BCUT2D eigenvalue weighted by molar-refractivity contribution is -0.342. The molecule has 0 amide bonds. The Morgan fingerprint density at radius 3 is 2.31 bits per heavy atom. The first-order valence-electron chi connectivity index (χ1n) is 9.97. The maximum atomic E-state index is 12.6. The zero-order chi connectivity index (χ0) is 24.2. The number of ketones is 1. The van der Waals surface area contributed by atoms with E-state index in [-0.39, 0.29) is 12.2 Å². The van der Waals surface area contributed by atoms with Crippen LogP contribution in [0, 0.1) is 0 Å². The van der Waals surface area contributed by atoms with Crippen LogP contribution in [0.5, 0.6) is 0 Å². The van der Waals surface area contributed by atoms with Gasteiger partial charge in [0.25, 0.3) is 0 Å². The van der Waals surface area contributed by atoms with E-state index < -0.39 is 31.7 Å². The van der Waals surface area contributed by atoms with E-state index in [4.69, 9.17) is 5.73 Å². The molecular weight excluding hydrogens is 448 g/mol. The van der Waals surface area contributed by atoms with Crippen LogP contribution in [0.3, 0.4) is 0 Å². The molecule has 1 unspecified atom stereocenters. The third kappa shape index (κ3) is 8.18. The lowest BCUT2D eigenvalue weighted by atomic mass is 9.97. The van der Waals surface area contributed by atoms with Gasteiger partial charge in [0.05, 0.1) is 25.7 Å². The van der Waals surface area contributed by atoms with Crippen molar-refractivity contribution in [2.24, 2.45) is 12.8 Å². The number of aryl methyl sites for hydroxylation is 2. The molecule has 2 rings (SSSR count). The van der Waals surface area contributed by atoms with Gasteiger partial charge in [-0.15, -0.1) is 0 Å². The van der Waals surface area contributed by atoms with E-state index in [2.05, 4.69) is 4.52 Å². The molecule has 11 heteroatoms. The number of aromatic nitrogens is 1. The van der Waals surface area contributed by atoms with Crippen molar-refractivity contribution < 1.29 is 36.8 Å². The van der Waals surface area contributed by atoms with Gasteiger partial charge in [0.15, 0.2) is 5.78 Å².